The van der Waals surface area contributed by atoms with Gasteiger partial charge in [0.2, 0.25) is 0 Å². The van der Waals surface area contributed by atoms with Gasteiger partial charge in [-0.3, -0.25) is 4.99 Å². The Labute approximate surface area is 131 Å². The summed E-state index contributed by atoms with van der Waals surface area (Å²) in [6.45, 7) is 1.76. The average Bonchev–Trinajstić information content (AvgIpc) is 2.42. The zero-order chi connectivity index (χ0) is 14.8. The minimum absolute atomic E-state index is 0.774. The highest BCUT2D eigenvalue weighted by molar-refractivity contribution is 7.98. The molecular weight excluding hydrogens is 290 g/mol. The van der Waals surface area contributed by atoms with Crippen molar-refractivity contribution in [3.8, 4) is 0 Å². The van der Waals surface area contributed by atoms with E-state index >= 15 is 0 Å². The Morgan fingerprint density at radius 3 is 2.85 bits per heavy atom. The fourth-order valence-electron chi connectivity index (χ4n) is 1.94. The first-order valence-electron chi connectivity index (χ1n) is 6.82. The molecule has 0 spiro atoms. The predicted molar refractivity (Wildman–Crippen MR) is 91.9 cm³/mol. The summed E-state index contributed by atoms with van der Waals surface area (Å²) in [7, 11) is 3.86. The Bertz CT molecular complexity index is 423. The molecule has 1 N–H and O–H groups in total. The van der Waals surface area contributed by atoms with Crippen LogP contribution in [0, 0.1) is 0 Å². The number of guanidine groups is 1. The Balaban J connectivity index is 2.41. The standard InChI is InChI=1S/C15H24ClN3S/c1-17-15(18-9-4-5-10-20-3)19(2)12-13-7-6-8-14(16)11-13/h6-8,11H,4-5,9-10,12H2,1-3H3,(H,17,18). The van der Waals surface area contributed by atoms with Crippen LogP contribution < -0.4 is 5.32 Å². The van der Waals surface area contributed by atoms with Crippen molar-refractivity contribution in [1.29, 1.82) is 0 Å². The molecule has 0 aliphatic carbocycles. The number of nitrogens with one attached hydrogen (secondary N) is 1. The van der Waals surface area contributed by atoms with Crippen LogP contribution in [-0.2, 0) is 6.54 Å². The highest BCUT2D eigenvalue weighted by atomic mass is 35.5. The fraction of sp³-hybridized carbons (Fsp3) is 0.533. The molecule has 0 heterocycles. The third kappa shape index (κ3) is 6.53. The first kappa shape index (κ1) is 17.2. The number of aliphatic imine (C=N–C) groups is 1. The van der Waals surface area contributed by atoms with Crippen LogP contribution in [0.3, 0.4) is 0 Å². The van der Waals surface area contributed by atoms with Crippen molar-refractivity contribution >= 4 is 29.3 Å². The highest BCUT2D eigenvalue weighted by Crippen LogP contribution is 2.12. The number of nitrogens with zero attached hydrogens (tertiary/aromatic N) is 2. The van der Waals surface area contributed by atoms with Crippen LogP contribution >= 0.6 is 23.4 Å². The molecule has 0 unspecified atom stereocenters. The molecular formula is C15H24ClN3S. The van der Waals surface area contributed by atoms with Gasteiger partial charge in [0, 0.05) is 32.2 Å². The molecule has 1 rings (SSSR count). The lowest BCUT2D eigenvalue weighted by atomic mass is 10.2. The van der Waals surface area contributed by atoms with Crippen molar-refractivity contribution in [2.24, 2.45) is 4.99 Å². The molecule has 0 aliphatic rings. The number of rotatable bonds is 7. The van der Waals surface area contributed by atoms with Gasteiger partial charge < -0.3 is 10.2 Å². The zero-order valence-corrected chi connectivity index (χ0v) is 14.1. The predicted octanol–water partition coefficient (Wildman–Crippen LogP) is 3.49. The SMILES string of the molecule is CN=C(NCCCCSC)N(C)Cc1cccc(Cl)c1. The third-order valence-corrected chi connectivity index (χ3v) is 3.87. The van der Waals surface area contributed by atoms with Gasteiger partial charge in [-0.05, 0) is 42.5 Å². The average molecular weight is 314 g/mol. The second-order valence-corrected chi connectivity index (χ2v) is 6.08. The first-order chi connectivity index (χ1) is 9.67. The maximum atomic E-state index is 6.01. The van der Waals surface area contributed by atoms with Crippen molar-refractivity contribution in [2.75, 3.05) is 32.6 Å². The van der Waals surface area contributed by atoms with Crippen LogP contribution in [0.2, 0.25) is 5.02 Å². The number of benzene rings is 1. The normalized spacial score (nSPS) is 11.5. The van der Waals surface area contributed by atoms with Crippen LogP contribution in [0.4, 0.5) is 0 Å². The van der Waals surface area contributed by atoms with Crippen molar-refractivity contribution in [3.63, 3.8) is 0 Å². The van der Waals surface area contributed by atoms with E-state index in [0.717, 1.165) is 24.1 Å². The topological polar surface area (TPSA) is 27.6 Å². The molecule has 112 valence electrons. The largest absolute Gasteiger partial charge is 0.356 e. The number of hydrogen-bond donors (Lipinski definition) is 1. The van der Waals surface area contributed by atoms with Crippen molar-refractivity contribution in [2.45, 2.75) is 19.4 Å². The Kier molecular flexibility index (Phi) is 8.54. The first-order valence-corrected chi connectivity index (χ1v) is 8.59. The molecule has 1 aromatic rings. The number of unbranched alkanes of at least 4 members (excludes halogenated alkanes) is 1. The summed E-state index contributed by atoms with van der Waals surface area (Å²) < 4.78 is 0. The second-order valence-electron chi connectivity index (χ2n) is 4.66. The van der Waals surface area contributed by atoms with E-state index in [0.29, 0.717) is 0 Å². The maximum Gasteiger partial charge on any atom is 0.193 e. The smallest absolute Gasteiger partial charge is 0.193 e. The van der Waals surface area contributed by atoms with Crippen LogP contribution in [0.25, 0.3) is 0 Å². The molecule has 20 heavy (non-hydrogen) atoms. The van der Waals surface area contributed by atoms with E-state index < -0.39 is 0 Å². The summed E-state index contributed by atoms with van der Waals surface area (Å²) in [6, 6.07) is 7.94. The van der Waals surface area contributed by atoms with Gasteiger partial charge in [0.1, 0.15) is 0 Å². The third-order valence-electron chi connectivity index (χ3n) is 2.94. The Morgan fingerprint density at radius 1 is 1.40 bits per heavy atom. The fourth-order valence-corrected chi connectivity index (χ4v) is 2.65. The lowest BCUT2D eigenvalue weighted by Crippen LogP contribution is -2.38. The molecule has 0 amide bonds. The maximum absolute atomic E-state index is 6.01. The van der Waals surface area contributed by atoms with Gasteiger partial charge in [0.05, 0.1) is 0 Å². The second kappa shape index (κ2) is 9.94. The zero-order valence-electron chi connectivity index (χ0n) is 12.5. The monoisotopic (exact) mass is 313 g/mol. The van der Waals surface area contributed by atoms with Gasteiger partial charge in [-0.1, -0.05) is 23.7 Å². The van der Waals surface area contributed by atoms with Gasteiger partial charge >= 0.3 is 0 Å². The van der Waals surface area contributed by atoms with Gasteiger partial charge in [-0.15, -0.1) is 0 Å². The van der Waals surface area contributed by atoms with Crippen molar-refractivity contribution < 1.29 is 0 Å². The van der Waals surface area contributed by atoms with Gasteiger partial charge in [-0.25, -0.2) is 0 Å². The van der Waals surface area contributed by atoms with Gasteiger partial charge in [0.25, 0.3) is 0 Å². The van der Waals surface area contributed by atoms with Crippen LogP contribution in [0.5, 0.6) is 0 Å². The van der Waals surface area contributed by atoms with E-state index in [1.807, 2.05) is 44.1 Å². The molecule has 3 nitrogen and oxygen atoms in total. The summed E-state index contributed by atoms with van der Waals surface area (Å²) in [4.78, 5) is 6.43. The summed E-state index contributed by atoms with van der Waals surface area (Å²) in [5.41, 5.74) is 1.19. The van der Waals surface area contributed by atoms with Crippen molar-refractivity contribution in [3.05, 3.63) is 34.9 Å². The molecule has 5 heteroatoms. The Morgan fingerprint density at radius 2 is 2.20 bits per heavy atom. The Hall–Kier alpha value is -0.870. The highest BCUT2D eigenvalue weighted by Gasteiger charge is 2.06. The van der Waals surface area contributed by atoms with Gasteiger partial charge in [0.15, 0.2) is 5.96 Å². The van der Waals surface area contributed by atoms with E-state index in [4.69, 9.17) is 11.6 Å². The number of thioether (sulfide) groups is 1. The van der Waals surface area contributed by atoms with Crippen LogP contribution in [0.1, 0.15) is 18.4 Å². The van der Waals surface area contributed by atoms with E-state index in [-0.39, 0.29) is 0 Å². The van der Waals surface area contributed by atoms with Crippen LogP contribution in [0.15, 0.2) is 29.3 Å². The number of halogens is 1. The summed E-state index contributed by atoms with van der Waals surface area (Å²) in [5, 5.41) is 4.17. The van der Waals surface area contributed by atoms with E-state index in [9.17, 15) is 0 Å². The van der Waals surface area contributed by atoms with E-state index in [1.54, 1.807) is 0 Å². The van der Waals surface area contributed by atoms with E-state index in [1.165, 1.54) is 24.2 Å². The molecule has 1 aromatic carbocycles. The lowest BCUT2D eigenvalue weighted by Gasteiger charge is -2.22. The minimum atomic E-state index is 0.774. The summed E-state index contributed by atoms with van der Waals surface area (Å²) in [6.07, 6.45) is 4.55. The molecule has 0 aromatic heterocycles. The van der Waals surface area contributed by atoms with Gasteiger partial charge in [-0.2, -0.15) is 11.8 Å². The molecule has 0 aliphatic heterocycles. The quantitative estimate of drug-likeness (QED) is 0.474. The van der Waals surface area contributed by atoms with Crippen molar-refractivity contribution in [1.82, 2.24) is 10.2 Å². The molecule has 0 fully saturated rings. The molecule has 0 radical (unpaired) electrons. The number of hydrogen-bond acceptors (Lipinski definition) is 2. The van der Waals surface area contributed by atoms with E-state index in [2.05, 4.69) is 27.5 Å². The van der Waals surface area contributed by atoms with Crippen LogP contribution in [-0.4, -0.2) is 43.5 Å². The molecule has 0 atom stereocenters. The summed E-state index contributed by atoms with van der Waals surface area (Å²) in [5.74, 6) is 2.15. The molecule has 0 bridgehead atoms. The summed E-state index contributed by atoms with van der Waals surface area (Å²) >= 11 is 7.90. The molecule has 0 saturated heterocycles. The minimum Gasteiger partial charge on any atom is -0.356 e. The lowest BCUT2D eigenvalue weighted by molar-refractivity contribution is 0.475. The molecule has 0 saturated carbocycles.